The van der Waals surface area contributed by atoms with Crippen molar-refractivity contribution in [1.29, 1.82) is 0 Å². The first-order chi connectivity index (χ1) is 13.7. The number of carbonyl (C=O) groups is 1. The third-order valence-corrected chi connectivity index (χ3v) is 4.99. The van der Waals surface area contributed by atoms with Gasteiger partial charge in [0.1, 0.15) is 5.69 Å². The van der Waals surface area contributed by atoms with Gasteiger partial charge in [0.15, 0.2) is 0 Å². The van der Waals surface area contributed by atoms with E-state index in [0.717, 1.165) is 37.5 Å². The Hall–Kier alpha value is -2.81. The summed E-state index contributed by atoms with van der Waals surface area (Å²) in [6.07, 6.45) is -1.62. The minimum Gasteiger partial charge on any atom is -0.366 e. The zero-order valence-corrected chi connectivity index (χ0v) is 15.9. The van der Waals surface area contributed by atoms with Crippen molar-refractivity contribution in [1.82, 2.24) is 0 Å². The highest BCUT2D eigenvalue weighted by molar-refractivity contribution is 6.34. The predicted octanol–water partition coefficient (Wildman–Crippen LogP) is 5.51. The molecule has 1 aliphatic rings. The van der Waals surface area contributed by atoms with E-state index in [1.54, 1.807) is 0 Å². The summed E-state index contributed by atoms with van der Waals surface area (Å²) in [5, 5.41) is 13.6. The summed E-state index contributed by atoms with van der Waals surface area (Å²) in [6, 6.07) is 6.68. The molecule has 1 amide bonds. The molecule has 0 aliphatic carbocycles. The fraction of sp³-hybridized carbons (Fsp3) is 0.316. The van der Waals surface area contributed by atoms with Crippen LogP contribution in [0.2, 0.25) is 5.02 Å². The Morgan fingerprint density at radius 2 is 1.79 bits per heavy atom. The largest absolute Gasteiger partial charge is 0.416 e. The molecule has 0 unspecified atom stereocenters. The van der Waals surface area contributed by atoms with Crippen LogP contribution in [0.1, 0.15) is 35.2 Å². The Morgan fingerprint density at radius 1 is 1.10 bits per heavy atom. The van der Waals surface area contributed by atoms with Gasteiger partial charge in [0.25, 0.3) is 11.6 Å². The average Bonchev–Trinajstić information content (AvgIpc) is 2.68. The van der Waals surface area contributed by atoms with E-state index in [1.165, 1.54) is 12.1 Å². The number of nitro groups is 1. The van der Waals surface area contributed by atoms with Crippen LogP contribution in [0.3, 0.4) is 0 Å². The van der Waals surface area contributed by atoms with E-state index in [4.69, 9.17) is 11.6 Å². The fourth-order valence-electron chi connectivity index (χ4n) is 3.20. The first-order valence-corrected chi connectivity index (χ1v) is 9.26. The number of nitro benzene ring substituents is 1. The summed E-state index contributed by atoms with van der Waals surface area (Å²) in [4.78, 5) is 25.3. The van der Waals surface area contributed by atoms with Gasteiger partial charge in [-0.05, 0) is 49.6 Å². The molecule has 1 heterocycles. The molecule has 0 saturated carbocycles. The molecule has 0 atom stereocenters. The molecule has 1 saturated heterocycles. The number of rotatable bonds is 4. The molecule has 0 aromatic heterocycles. The van der Waals surface area contributed by atoms with Gasteiger partial charge in [-0.15, -0.1) is 0 Å². The number of halogens is 4. The van der Waals surface area contributed by atoms with Gasteiger partial charge in [-0.2, -0.15) is 13.2 Å². The molecule has 2 aromatic rings. The lowest BCUT2D eigenvalue weighted by molar-refractivity contribution is -0.384. The Morgan fingerprint density at radius 3 is 2.38 bits per heavy atom. The summed E-state index contributed by atoms with van der Waals surface area (Å²) in [7, 11) is 0. The van der Waals surface area contributed by atoms with Crippen LogP contribution in [0.5, 0.6) is 0 Å². The van der Waals surface area contributed by atoms with Crippen molar-refractivity contribution in [3.05, 3.63) is 62.7 Å². The maximum absolute atomic E-state index is 12.7. The number of carbonyl (C=O) groups excluding carboxylic acids is 1. The molecule has 1 N–H and O–H groups in total. The van der Waals surface area contributed by atoms with Gasteiger partial charge < -0.3 is 10.2 Å². The van der Waals surface area contributed by atoms with Crippen molar-refractivity contribution in [2.24, 2.45) is 0 Å². The van der Waals surface area contributed by atoms with Gasteiger partial charge in [0.05, 0.1) is 21.2 Å². The van der Waals surface area contributed by atoms with Crippen LogP contribution in [0.25, 0.3) is 0 Å². The lowest BCUT2D eigenvalue weighted by Crippen LogP contribution is -2.30. The second kappa shape index (κ2) is 8.28. The highest BCUT2D eigenvalue weighted by Crippen LogP contribution is 2.35. The fourth-order valence-corrected chi connectivity index (χ4v) is 3.43. The number of benzene rings is 2. The number of anilines is 2. The summed E-state index contributed by atoms with van der Waals surface area (Å²) >= 11 is 5.85. The third kappa shape index (κ3) is 4.79. The van der Waals surface area contributed by atoms with Crippen LogP contribution in [0, 0.1) is 10.1 Å². The monoisotopic (exact) mass is 427 g/mol. The van der Waals surface area contributed by atoms with Crippen LogP contribution in [0.4, 0.5) is 30.2 Å². The Bertz CT molecular complexity index is 944. The summed E-state index contributed by atoms with van der Waals surface area (Å²) in [5.41, 5.74) is -0.709. The van der Waals surface area contributed by atoms with Crippen molar-refractivity contribution < 1.29 is 22.9 Å². The summed E-state index contributed by atoms with van der Waals surface area (Å²) in [6.45, 7) is 1.40. The van der Waals surface area contributed by atoms with E-state index in [9.17, 15) is 28.1 Å². The van der Waals surface area contributed by atoms with Gasteiger partial charge in [0, 0.05) is 24.7 Å². The first kappa shape index (κ1) is 20.9. The van der Waals surface area contributed by atoms with Gasteiger partial charge in [-0.25, -0.2) is 0 Å². The highest BCUT2D eigenvalue weighted by atomic mass is 35.5. The van der Waals surface area contributed by atoms with Gasteiger partial charge in [-0.3, -0.25) is 14.9 Å². The van der Waals surface area contributed by atoms with E-state index < -0.39 is 22.6 Å². The molecule has 1 fully saturated rings. The molecule has 29 heavy (non-hydrogen) atoms. The molecule has 1 aliphatic heterocycles. The molecule has 154 valence electrons. The topological polar surface area (TPSA) is 75.5 Å². The molecule has 2 aromatic carbocycles. The Labute approximate surface area is 169 Å². The molecular formula is C19H17ClF3N3O3. The maximum atomic E-state index is 12.7. The zero-order valence-electron chi connectivity index (χ0n) is 15.1. The number of alkyl halides is 3. The molecular weight excluding hydrogens is 411 g/mol. The maximum Gasteiger partial charge on any atom is 0.416 e. The molecule has 0 radical (unpaired) electrons. The highest BCUT2D eigenvalue weighted by Gasteiger charge is 2.31. The van der Waals surface area contributed by atoms with E-state index in [2.05, 4.69) is 5.32 Å². The number of nitrogens with zero attached hydrogens (tertiary/aromatic N) is 2. The smallest absolute Gasteiger partial charge is 0.366 e. The second-order valence-electron chi connectivity index (χ2n) is 6.65. The van der Waals surface area contributed by atoms with Crippen molar-refractivity contribution in [2.45, 2.75) is 25.4 Å². The SMILES string of the molecule is O=C(Nc1ccc(C(F)(F)F)cc1Cl)c1ccc(N2CCCCC2)c([N+](=O)[O-])c1. The van der Waals surface area contributed by atoms with Crippen LogP contribution < -0.4 is 10.2 Å². The molecule has 0 bridgehead atoms. The van der Waals surface area contributed by atoms with Crippen molar-refractivity contribution in [2.75, 3.05) is 23.3 Å². The summed E-state index contributed by atoms with van der Waals surface area (Å²) in [5.74, 6) is -0.708. The van der Waals surface area contributed by atoms with E-state index >= 15 is 0 Å². The third-order valence-electron chi connectivity index (χ3n) is 4.68. The minimum absolute atomic E-state index is 0.00780. The predicted molar refractivity (Wildman–Crippen MR) is 104 cm³/mol. The van der Waals surface area contributed by atoms with E-state index in [1.807, 2.05) is 4.90 Å². The average molecular weight is 428 g/mol. The number of nitrogens with one attached hydrogen (secondary N) is 1. The standard InChI is InChI=1S/C19H17ClF3N3O3/c20-14-11-13(19(21,22)23)5-6-15(14)24-18(27)12-4-7-16(17(10-12)26(28)29)25-8-2-1-3-9-25/h4-7,10-11H,1-3,8-9H2,(H,24,27). The quantitative estimate of drug-likeness (QED) is 0.515. The lowest BCUT2D eigenvalue weighted by atomic mass is 10.1. The lowest BCUT2D eigenvalue weighted by Gasteiger charge is -2.28. The van der Waals surface area contributed by atoms with Crippen molar-refractivity contribution in [3.63, 3.8) is 0 Å². The minimum atomic E-state index is -4.56. The Kier molecular flexibility index (Phi) is 5.97. The zero-order chi connectivity index (χ0) is 21.2. The van der Waals surface area contributed by atoms with E-state index in [-0.39, 0.29) is 22.0 Å². The molecule has 10 heteroatoms. The molecule has 6 nitrogen and oxygen atoms in total. The van der Waals surface area contributed by atoms with Crippen molar-refractivity contribution in [3.8, 4) is 0 Å². The molecule has 0 spiro atoms. The molecule has 3 rings (SSSR count). The summed E-state index contributed by atoms with van der Waals surface area (Å²) < 4.78 is 38.2. The number of amides is 1. The van der Waals surface area contributed by atoms with Gasteiger partial charge in [0.2, 0.25) is 0 Å². The number of hydrogen-bond donors (Lipinski definition) is 1. The number of piperidine rings is 1. The first-order valence-electron chi connectivity index (χ1n) is 8.88. The van der Waals surface area contributed by atoms with Gasteiger partial charge in [-0.1, -0.05) is 11.6 Å². The van der Waals surface area contributed by atoms with Crippen LogP contribution in [0.15, 0.2) is 36.4 Å². The van der Waals surface area contributed by atoms with Crippen LogP contribution in [-0.2, 0) is 6.18 Å². The van der Waals surface area contributed by atoms with Crippen LogP contribution >= 0.6 is 11.6 Å². The van der Waals surface area contributed by atoms with Crippen LogP contribution in [-0.4, -0.2) is 23.9 Å². The second-order valence-corrected chi connectivity index (χ2v) is 7.06. The van der Waals surface area contributed by atoms with E-state index in [0.29, 0.717) is 24.8 Å². The van der Waals surface area contributed by atoms with Gasteiger partial charge >= 0.3 is 6.18 Å². The Balaban J connectivity index is 1.84. The number of hydrogen-bond acceptors (Lipinski definition) is 4. The normalized spacial score (nSPS) is 14.6. The van der Waals surface area contributed by atoms with Crippen molar-refractivity contribution >= 4 is 34.6 Å².